The van der Waals surface area contributed by atoms with E-state index in [0.717, 1.165) is 11.1 Å². The summed E-state index contributed by atoms with van der Waals surface area (Å²) in [6.07, 6.45) is 2.54. The van der Waals surface area contributed by atoms with E-state index >= 15 is 0 Å². The smallest absolute Gasteiger partial charge is 0.213 e. The number of nitrogens with zero attached hydrogens (tertiary/aromatic N) is 1. The van der Waals surface area contributed by atoms with E-state index in [0.29, 0.717) is 37.4 Å². The summed E-state index contributed by atoms with van der Waals surface area (Å²) in [7, 11) is -6.69. The minimum absolute atomic E-state index is 0.160. The van der Waals surface area contributed by atoms with Gasteiger partial charge in [-0.2, -0.15) is 0 Å². The van der Waals surface area contributed by atoms with E-state index in [1.807, 2.05) is 13.0 Å². The molecule has 1 aliphatic heterocycles. The molecule has 1 aliphatic rings. The summed E-state index contributed by atoms with van der Waals surface area (Å²) in [6.45, 7) is 4.88. The Morgan fingerprint density at radius 3 is 2.30 bits per heavy atom. The van der Waals surface area contributed by atoms with Gasteiger partial charge >= 0.3 is 0 Å². The zero-order valence-electron chi connectivity index (χ0n) is 13.7. The Balaban J connectivity index is 1.97. The lowest BCUT2D eigenvalue weighted by atomic mass is 9.99. The van der Waals surface area contributed by atoms with Crippen LogP contribution >= 0.6 is 0 Å². The van der Waals surface area contributed by atoms with Crippen LogP contribution in [0.1, 0.15) is 24.0 Å². The van der Waals surface area contributed by atoms with E-state index in [2.05, 4.69) is 4.72 Å². The summed E-state index contributed by atoms with van der Waals surface area (Å²) in [5.74, 6) is 0.160. The van der Waals surface area contributed by atoms with Gasteiger partial charge in [-0.1, -0.05) is 12.1 Å². The van der Waals surface area contributed by atoms with Gasteiger partial charge in [0.1, 0.15) is 0 Å². The van der Waals surface area contributed by atoms with Crippen molar-refractivity contribution in [1.82, 2.24) is 9.03 Å². The average molecular weight is 361 g/mol. The number of sulfonamides is 2. The Morgan fingerprint density at radius 1 is 1.13 bits per heavy atom. The first-order valence-electron chi connectivity index (χ1n) is 7.61. The SMILES string of the molecule is Cc1ccc(C)c(S(=O)(=O)NCC2CCN(S(C)(=O)=O)CC2)c1. The molecular weight excluding hydrogens is 336 g/mol. The third kappa shape index (κ3) is 4.76. The second-order valence-corrected chi connectivity index (χ2v) is 9.94. The molecule has 1 saturated heterocycles. The molecule has 0 amide bonds. The lowest BCUT2D eigenvalue weighted by Gasteiger charge is -2.30. The largest absolute Gasteiger partial charge is 0.240 e. The van der Waals surface area contributed by atoms with Crippen LogP contribution in [0.2, 0.25) is 0 Å². The Labute approximate surface area is 139 Å². The van der Waals surface area contributed by atoms with Crippen molar-refractivity contribution in [3.8, 4) is 0 Å². The first-order valence-corrected chi connectivity index (χ1v) is 10.9. The maximum atomic E-state index is 12.5. The zero-order valence-corrected chi connectivity index (χ0v) is 15.4. The monoisotopic (exact) mass is 360 g/mol. The van der Waals surface area contributed by atoms with Gasteiger partial charge in [0.25, 0.3) is 0 Å². The maximum absolute atomic E-state index is 12.5. The van der Waals surface area contributed by atoms with E-state index < -0.39 is 20.0 Å². The van der Waals surface area contributed by atoms with Crippen LogP contribution < -0.4 is 4.72 Å². The van der Waals surface area contributed by atoms with Gasteiger partial charge in [-0.15, -0.1) is 0 Å². The van der Waals surface area contributed by atoms with E-state index in [4.69, 9.17) is 0 Å². The number of hydrogen-bond acceptors (Lipinski definition) is 4. The molecule has 1 heterocycles. The minimum atomic E-state index is -3.54. The van der Waals surface area contributed by atoms with Crippen molar-refractivity contribution >= 4 is 20.0 Å². The van der Waals surface area contributed by atoms with Crippen LogP contribution in [0, 0.1) is 19.8 Å². The Bertz CT molecular complexity index is 765. The molecule has 0 saturated carbocycles. The lowest BCUT2D eigenvalue weighted by Crippen LogP contribution is -2.41. The molecule has 6 nitrogen and oxygen atoms in total. The predicted molar refractivity (Wildman–Crippen MR) is 90.2 cm³/mol. The van der Waals surface area contributed by atoms with Crippen molar-refractivity contribution in [3.05, 3.63) is 29.3 Å². The second kappa shape index (κ2) is 6.88. The molecule has 0 aliphatic carbocycles. The van der Waals surface area contributed by atoms with Crippen LogP contribution in [0.25, 0.3) is 0 Å². The molecule has 23 heavy (non-hydrogen) atoms. The summed E-state index contributed by atoms with van der Waals surface area (Å²) in [5.41, 5.74) is 1.62. The predicted octanol–water partition coefficient (Wildman–Crippen LogP) is 1.25. The van der Waals surface area contributed by atoms with Gasteiger partial charge in [0.05, 0.1) is 11.2 Å². The summed E-state index contributed by atoms with van der Waals surface area (Å²) in [4.78, 5) is 0.311. The van der Waals surface area contributed by atoms with E-state index in [1.54, 1.807) is 19.1 Å². The van der Waals surface area contributed by atoms with Gasteiger partial charge in [-0.05, 0) is 49.8 Å². The standard InChI is InChI=1S/C15H24N2O4S2/c1-12-4-5-13(2)15(10-12)23(20,21)16-11-14-6-8-17(9-7-14)22(3,18)19/h4-5,10,14,16H,6-9,11H2,1-3H3. The van der Waals surface area contributed by atoms with E-state index in [-0.39, 0.29) is 5.92 Å². The zero-order chi connectivity index (χ0) is 17.3. The fourth-order valence-electron chi connectivity index (χ4n) is 2.75. The van der Waals surface area contributed by atoms with Crippen LogP contribution in [-0.4, -0.2) is 47.0 Å². The van der Waals surface area contributed by atoms with Gasteiger partial charge in [-0.3, -0.25) is 0 Å². The van der Waals surface area contributed by atoms with Crippen molar-refractivity contribution < 1.29 is 16.8 Å². The fourth-order valence-corrected chi connectivity index (χ4v) is 5.06. The minimum Gasteiger partial charge on any atom is -0.213 e. The molecule has 2 rings (SSSR count). The molecule has 0 spiro atoms. The lowest BCUT2D eigenvalue weighted by molar-refractivity contribution is 0.275. The Morgan fingerprint density at radius 2 is 1.74 bits per heavy atom. The number of piperidine rings is 1. The molecule has 1 aromatic carbocycles. The van der Waals surface area contributed by atoms with Crippen LogP contribution in [-0.2, 0) is 20.0 Å². The van der Waals surface area contributed by atoms with Gasteiger partial charge in [0.15, 0.2) is 0 Å². The highest BCUT2D eigenvalue weighted by Crippen LogP contribution is 2.20. The third-order valence-electron chi connectivity index (χ3n) is 4.24. The van der Waals surface area contributed by atoms with E-state index in [9.17, 15) is 16.8 Å². The molecular formula is C15H24N2O4S2. The molecule has 1 fully saturated rings. The van der Waals surface area contributed by atoms with Gasteiger partial charge in [0, 0.05) is 19.6 Å². The Hall–Kier alpha value is -0.960. The molecule has 0 atom stereocenters. The Kier molecular flexibility index (Phi) is 5.50. The maximum Gasteiger partial charge on any atom is 0.240 e. The molecule has 0 unspecified atom stereocenters. The molecule has 1 N–H and O–H groups in total. The van der Waals surface area contributed by atoms with Crippen molar-refractivity contribution in [1.29, 1.82) is 0 Å². The molecule has 130 valence electrons. The fraction of sp³-hybridized carbons (Fsp3) is 0.600. The summed E-state index contributed by atoms with van der Waals surface area (Å²) in [5, 5.41) is 0. The summed E-state index contributed by atoms with van der Waals surface area (Å²) < 4.78 is 52.0. The number of benzene rings is 1. The normalized spacial score (nSPS) is 18.2. The number of aryl methyl sites for hydroxylation is 2. The average Bonchev–Trinajstić information content (AvgIpc) is 2.47. The topological polar surface area (TPSA) is 83.6 Å². The van der Waals surface area contributed by atoms with Crippen LogP contribution in [0.5, 0.6) is 0 Å². The first kappa shape index (κ1) is 18.4. The second-order valence-electron chi connectivity index (χ2n) is 6.23. The van der Waals surface area contributed by atoms with Crippen LogP contribution in [0.4, 0.5) is 0 Å². The highest BCUT2D eigenvalue weighted by atomic mass is 32.2. The van der Waals surface area contributed by atoms with Gasteiger partial charge < -0.3 is 0 Å². The van der Waals surface area contributed by atoms with Gasteiger partial charge in [0.2, 0.25) is 20.0 Å². The van der Waals surface area contributed by atoms with Crippen molar-refractivity contribution in [2.24, 2.45) is 5.92 Å². The number of rotatable bonds is 5. The molecule has 0 bridgehead atoms. The van der Waals surface area contributed by atoms with Crippen molar-refractivity contribution in [2.75, 3.05) is 25.9 Å². The first-order chi connectivity index (χ1) is 10.6. The number of nitrogens with one attached hydrogen (secondary N) is 1. The van der Waals surface area contributed by atoms with Crippen molar-refractivity contribution in [2.45, 2.75) is 31.6 Å². The number of hydrogen-bond donors (Lipinski definition) is 1. The highest BCUT2D eigenvalue weighted by Gasteiger charge is 2.26. The van der Waals surface area contributed by atoms with E-state index in [1.165, 1.54) is 10.6 Å². The molecule has 0 radical (unpaired) electrons. The molecule has 0 aromatic heterocycles. The quantitative estimate of drug-likeness (QED) is 0.857. The summed E-state index contributed by atoms with van der Waals surface area (Å²) >= 11 is 0. The third-order valence-corrected chi connectivity index (χ3v) is 7.11. The highest BCUT2D eigenvalue weighted by molar-refractivity contribution is 7.89. The molecule has 1 aromatic rings. The van der Waals surface area contributed by atoms with Crippen molar-refractivity contribution in [3.63, 3.8) is 0 Å². The summed E-state index contributed by atoms with van der Waals surface area (Å²) in [6, 6.07) is 5.35. The van der Waals surface area contributed by atoms with Crippen LogP contribution in [0.3, 0.4) is 0 Å². The van der Waals surface area contributed by atoms with Gasteiger partial charge in [-0.25, -0.2) is 25.9 Å². The van der Waals surface area contributed by atoms with Crippen LogP contribution in [0.15, 0.2) is 23.1 Å². The molecule has 8 heteroatoms.